The first-order valence-electron chi connectivity index (χ1n) is 3.41. The van der Waals surface area contributed by atoms with Crippen LogP contribution in [-0.4, -0.2) is 19.0 Å². The Morgan fingerprint density at radius 3 is 2.73 bits per heavy atom. The van der Waals surface area contributed by atoms with Gasteiger partial charge in [0.05, 0.1) is 6.54 Å². The molecule has 0 aliphatic heterocycles. The van der Waals surface area contributed by atoms with Gasteiger partial charge in [-0.25, -0.2) is 0 Å². The SMILES string of the molecule is C=C(C)C(=O)NCCCN=O. The Hall–Kier alpha value is -1.19. The molecule has 0 saturated carbocycles. The van der Waals surface area contributed by atoms with Crippen LogP contribution in [0.2, 0.25) is 0 Å². The summed E-state index contributed by atoms with van der Waals surface area (Å²) in [4.78, 5) is 20.4. The molecule has 0 aliphatic carbocycles. The second-order valence-electron chi connectivity index (χ2n) is 2.24. The molecule has 0 aromatic rings. The monoisotopic (exact) mass is 156 g/mol. The molecule has 0 rings (SSSR count). The highest BCUT2D eigenvalue weighted by Gasteiger charge is 1.98. The summed E-state index contributed by atoms with van der Waals surface area (Å²) < 4.78 is 0. The smallest absolute Gasteiger partial charge is 0.246 e. The van der Waals surface area contributed by atoms with Crippen LogP contribution in [0.4, 0.5) is 0 Å². The number of nitrogens with zero attached hydrogens (tertiary/aromatic N) is 1. The molecule has 11 heavy (non-hydrogen) atoms. The first-order valence-corrected chi connectivity index (χ1v) is 3.41. The fourth-order valence-electron chi connectivity index (χ4n) is 0.496. The number of amides is 1. The van der Waals surface area contributed by atoms with Gasteiger partial charge in [-0.3, -0.25) is 4.79 Å². The number of hydrogen-bond donors (Lipinski definition) is 1. The minimum Gasteiger partial charge on any atom is -0.352 e. The zero-order chi connectivity index (χ0) is 8.69. The normalized spacial score (nSPS) is 8.82. The van der Waals surface area contributed by atoms with Crippen molar-refractivity contribution in [2.24, 2.45) is 5.18 Å². The maximum atomic E-state index is 10.8. The summed E-state index contributed by atoms with van der Waals surface area (Å²) >= 11 is 0. The van der Waals surface area contributed by atoms with Crippen molar-refractivity contribution >= 4 is 5.91 Å². The van der Waals surface area contributed by atoms with E-state index in [9.17, 15) is 9.70 Å². The van der Waals surface area contributed by atoms with E-state index in [0.717, 1.165) is 0 Å². The first-order chi connectivity index (χ1) is 5.18. The van der Waals surface area contributed by atoms with E-state index in [1.807, 2.05) is 0 Å². The molecule has 62 valence electrons. The van der Waals surface area contributed by atoms with Gasteiger partial charge in [-0.05, 0) is 13.3 Å². The van der Waals surface area contributed by atoms with E-state index in [-0.39, 0.29) is 12.5 Å². The zero-order valence-electron chi connectivity index (χ0n) is 6.59. The summed E-state index contributed by atoms with van der Waals surface area (Å²) in [6.07, 6.45) is 0.586. The van der Waals surface area contributed by atoms with Crippen LogP contribution in [0, 0.1) is 4.91 Å². The van der Waals surface area contributed by atoms with Crippen molar-refractivity contribution in [3.63, 3.8) is 0 Å². The van der Waals surface area contributed by atoms with Gasteiger partial charge < -0.3 is 5.32 Å². The van der Waals surface area contributed by atoms with E-state index in [0.29, 0.717) is 18.5 Å². The van der Waals surface area contributed by atoms with Crippen molar-refractivity contribution < 1.29 is 4.79 Å². The minimum absolute atomic E-state index is 0.170. The summed E-state index contributed by atoms with van der Waals surface area (Å²) in [5.74, 6) is -0.170. The van der Waals surface area contributed by atoms with Crippen LogP contribution in [0.15, 0.2) is 17.3 Å². The Morgan fingerprint density at radius 1 is 1.64 bits per heavy atom. The molecule has 0 saturated heterocycles. The van der Waals surface area contributed by atoms with Crippen molar-refractivity contribution in [2.45, 2.75) is 13.3 Å². The van der Waals surface area contributed by atoms with Crippen molar-refractivity contribution in [3.05, 3.63) is 17.1 Å². The van der Waals surface area contributed by atoms with Gasteiger partial charge in [-0.1, -0.05) is 11.8 Å². The van der Waals surface area contributed by atoms with Crippen LogP contribution in [0.25, 0.3) is 0 Å². The van der Waals surface area contributed by atoms with Crippen molar-refractivity contribution in [3.8, 4) is 0 Å². The van der Waals surface area contributed by atoms with Crippen LogP contribution < -0.4 is 5.32 Å². The van der Waals surface area contributed by atoms with Gasteiger partial charge in [0, 0.05) is 12.1 Å². The number of rotatable bonds is 5. The first kappa shape index (κ1) is 9.81. The Bertz CT molecular complexity index is 166. The molecule has 1 N–H and O–H groups in total. The molecule has 0 spiro atoms. The van der Waals surface area contributed by atoms with Crippen LogP contribution in [-0.2, 0) is 4.79 Å². The Balaban J connectivity index is 3.31. The standard InChI is InChI=1S/C7H12N2O2/c1-6(2)7(10)8-4-3-5-9-11/h1,3-5H2,2H3,(H,8,10). The zero-order valence-corrected chi connectivity index (χ0v) is 6.59. The third kappa shape index (κ3) is 5.26. The predicted molar refractivity (Wildman–Crippen MR) is 43.1 cm³/mol. The molecule has 4 nitrogen and oxygen atoms in total. The molecular weight excluding hydrogens is 144 g/mol. The van der Waals surface area contributed by atoms with E-state index < -0.39 is 0 Å². The van der Waals surface area contributed by atoms with Crippen molar-refractivity contribution in [1.82, 2.24) is 5.32 Å². The topological polar surface area (TPSA) is 58.5 Å². The van der Waals surface area contributed by atoms with Crippen LogP contribution in [0.3, 0.4) is 0 Å². The van der Waals surface area contributed by atoms with E-state index in [4.69, 9.17) is 0 Å². The lowest BCUT2D eigenvalue weighted by molar-refractivity contribution is -0.117. The number of nitroso groups, excluding NO2 is 1. The minimum atomic E-state index is -0.170. The summed E-state index contributed by atoms with van der Waals surface area (Å²) in [6, 6.07) is 0. The molecule has 0 atom stereocenters. The Labute approximate surface area is 65.6 Å². The number of carbonyl (C=O) groups is 1. The lowest BCUT2D eigenvalue weighted by Crippen LogP contribution is -2.24. The molecule has 0 unspecified atom stereocenters. The van der Waals surface area contributed by atoms with Gasteiger partial charge in [0.1, 0.15) is 0 Å². The Morgan fingerprint density at radius 2 is 2.27 bits per heavy atom. The van der Waals surface area contributed by atoms with Gasteiger partial charge in [0.2, 0.25) is 5.91 Å². The van der Waals surface area contributed by atoms with E-state index in [2.05, 4.69) is 17.1 Å². The van der Waals surface area contributed by atoms with Crippen molar-refractivity contribution in [1.29, 1.82) is 0 Å². The number of carbonyl (C=O) groups excluding carboxylic acids is 1. The molecule has 0 fully saturated rings. The van der Waals surface area contributed by atoms with E-state index in [1.54, 1.807) is 6.92 Å². The number of hydrogen-bond acceptors (Lipinski definition) is 3. The number of nitrogens with one attached hydrogen (secondary N) is 1. The van der Waals surface area contributed by atoms with E-state index >= 15 is 0 Å². The molecule has 0 aromatic heterocycles. The lowest BCUT2D eigenvalue weighted by atomic mass is 10.3. The average molecular weight is 156 g/mol. The highest BCUT2D eigenvalue weighted by atomic mass is 16.3. The Kier molecular flexibility index (Phi) is 4.98. The predicted octanol–water partition coefficient (Wildman–Crippen LogP) is 0.835. The van der Waals surface area contributed by atoms with Gasteiger partial charge in [0.25, 0.3) is 0 Å². The fraction of sp³-hybridized carbons (Fsp3) is 0.571. The molecule has 0 heterocycles. The summed E-state index contributed by atoms with van der Waals surface area (Å²) in [5, 5.41) is 5.23. The van der Waals surface area contributed by atoms with Crippen LogP contribution >= 0.6 is 0 Å². The third-order valence-corrected chi connectivity index (χ3v) is 1.10. The molecule has 0 aromatic carbocycles. The quantitative estimate of drug-likeness (QED) is 0.364. The van der Waals surface area contributed by atoms with Crippen LogP contribution in [0.1, 0.15) is 13.3 Å². The molecule has 0 aliphatic rings. The lowest BCUT2D eigenvalue weighted by Gasteiger charge is -2.00. The largest absolute Gasteiger partial charge is 0.352 e. The third-order valence-electron chi connectivity index (χ3n) is 1.10. The summed E-state index contributed by atoms with van der Waals surface area (Å²) in [7, 11) is 0. The second kappa shape index (κ2) is 5.58. The van der Waals surface area contributed by atoms with Crippen LogP contribution in [0.5, 0.6) is 0 Å². The average Bonchev–Trinajstić information content (AvgIpc) is 1.97. The second-order valence-corrected chi connectivity index (χ2v) is 2.24. The molecule has 0 radical (unpaired) electrons. The van der Waals surface area contributed by atoms with E-state index in [1.165, 1.54) is 0 Å². The molecular formula is C7H12N2O2. The van der Waals surface area contributed by atoms with Gasteiger partial charge in [0.15, 0.2) is 0 Å². The summed E-state index contributed by atoms with van der Waals surface area (Å²) in [6.45, 7) is 5.82. The maximum Gasteiger partial charge on any atom is 0.246 e. The fourth-order valence-corrected chi connectivity index (χ4v) is 0.496. The summed E-state index contributed by atoms with van der Waals surface area (Å²) in [5.41, 5.74) is 0.476. The van der Waals surface area contributed by atoms with Gasteiger partial charge >= 0.3 is 0 Å². The molecule has 1 amide bonds. The highest BCUT2D eigenvalue weighted by Crippen LogP contribution is 1.85. The van der Waals surface area contributed by atoms with Gasteiger partial charge in [-0.2, -0.15) is 4.91 Å². The van der Waals surface area contributed by atoms with Gasteiger partial charge in [-0.15, -0.1) is 0 Å². The van der Waals surface area contributed by atoms with Crippen molar-refractivity contribution in [2.75, 3.05) is 13.1 Å². The molecule has 4 heteroatoms. The maximum absolute atomic E-state index is 10.8. The highest BCUT2D eigenvalue weighted by molar-refractivity contribution is 5.91. The molecule has 0 bridgehead atoms.